The summed E-state index contributed by atoms with van der Waals surface area (Å²) in [6.07, 6.45) is 2.33. The van der Waals surface area contributed by atoms with Gasteiger partial charge in [0.25, 0.3) is 0 Å². The fraction of sp³-hybridized carbons (Fsp3) is 0.550. The molecule has 0 atom stereocenters. The summed E-state index contributed by atoms with van der Waals surface area (Å²) in [4.78, 5) is 2.41. The third kappa shape index (κ3) is 4.56. The van der Waals surface area contributed by atoms with Gasteiger partial charge >= 0.3 is 0 Å². The minimum atomic E-state index is -3.71. The predicted molar refractivity (Wildman–Crippen MR) is 108 cm³/mol. The summed E-state index contributed by atoms with van der Waals surface area (Å²) in [7, 11) is -2.25. The predicted octanol–water partition coefficient (Wildman–Crippen LogP) is 2.98. The standard InChI is InChI=1S/C20H29N3O4S/c1-14-7-10-23(11-8-14)12-9-21-28(24,25)19-13-17(5-6-18(19)26-4)20-15(2)16(3)22-27-20/h5-6,13-14,21H,7-12H2,1-4H3. The van der Waals surface area contributed by atoms with Gasteiger partial charge in [0.05, 0.1) is 12.8 Å². The van der Waals surface area contributed by atoms with Crippen LogP contribution in [0.5, 0.6) is 5.75 Å². The molecule has 3 rings (SSSR count). The van der Waals surface area contributed by atoms with Crippen molar-refractivity contribution in [3.05, 3.63) is 29.5 Å². The minimum Gasteiger partial charge on any atom is -0.495 e. The Hall–Kier alpha value is -1.90. The minimum absolute atomic E-state index is 0.105. The number of nitrogens with zero attached hydrogens (tertiary/aromatic N) is 2. The average Bonchev–Trinajstić information content (AvgIpc) is 3.01. The molecule has 154 valence electrons. The third-order valence-corrected chi connectivity index (χ3v) is 6.95. The van der Waals surface area contributed by atoms with Gasteiger partial charge in [0, 0.05) is 24.2 Å². The number of hydrogen-bond acceptors (Lipinski definition) is 6. The maximum atomic E-state index is 12.9. The average molecular weight is 408 g/mol. The molecule has 1 N–H and O–H groups in total. The molecule has 28 heavy (non-hydrogen) atoms. The van der Waals surface area contributed by atoms with Gasteiger partial charge in [0.1, 0.15) is 10.6 Å². The van der Waals surface area contributed by atoms with Crippen LogP contribution in [0.1, 0.15) is 31.0 Å². The summed E-state index contributed by atoms with van der Waals surface area (Å²) in [6.45, 7) is 9.12. The van der Waals surface area contributed by atoms with E-state index in [4.69, 9.17) is 9.26 Å². The monoisotopic (exact) mass is 407 g/mol. The quantitative estimate of drug-likeness (QED) is 0.760. The van der Waals surface area contributed by atoms with Crippen LogP contribution in [-0.2, 0) is 10.0 Å². The van der Waals surface area contributed by atoms with Crippen LogP contribution < -0.4 is 9.46 Å². The van der Waals surface area contributed by atoms with Crippen LogP contribution in [-0.4, -0.2) is 51.8 Å². The van der Waals surface area contributed by atoms with E-state index < -0.39 is 10.0 Å². The van der Waals surface area contributed by atoms with Crippen molar-refractivity contribution in [2.45, 2.75) is 38.5 Å². The van der Waals surface area contributed by atoms with Gasteiger partial charge in [-0.3, -0.25) is 0 Å². The van der Waals surface area contributed by atoms with Crippen LogP contribution in [0.4, 0.5) is 0 Å². The number of methoxy groups -OCH3 is 1. The zero-order valence-corrected chi connectivity index (χ0v) is 17.8. The van der Waals surface area contributed by atoms with Crippen molar-refractivity contribution in [1.29, 1.82) is 0 Å². The van der Waals surface area contributed by atoms with Gasteiger partial charge < -0.3 is 14.2 Å². The number of benzene rings is 1. The fourth-order valence-electron chi connectivity index (χ4n) is 3.41. The first-order valence-electron chi connectivity index (χ1n) is 9.65. The number of likely N-dealkylation sites (tertiary alicyclic amines) is 1. The molecule has 0 amide bonds. The van der Waals surface area contributed by atoms with Gasteiger partial charge in [-0.15, -0.1) is 0 Å². The molecule has 0 unspecified atom stereocenters. The highest BCUT2D eigenvalue weighted by molar-refractivity contribution is 7.89. The van der Waals surface area contributed by atoms with Gasteiger partial charge in [-0.05, 0) is 63.9 Å². The molecule has 1 aromatic heterocycles. The second kappa shape index (κ2) is 8.63. The van der Waals surface area contributed by atoms with E-state index in [0.29, 0.717) is 30.2 Å². The molecule has 1 aliphatic heterocycles. The summed E-state index contributed by atoms with van der Waals surface area (Å²) in [6, 6.07) is 5.00. The van der Waals surface area contributed by atoms with E-state index in [1.54, 1.807) is 18.2 Å². The smallest absolute Gasteiger partial charge is 0.244 e. The zero-order valence-electron chi connectivity index (χ0n) is 17.0. The maximum absolute atomic E-state index is 12.9. The molecule has 7 nitrogen and oxygen atoms in total. The molecule has 1 fully saturated rings. The molecule has 0 radical (unpaired) electrons. The SMILES string of the molecule is COc1ccc(-c2onc(C)c2C)cc1S(=O)(=O)NCCN1CCC(C)CC1. The summed E-state index contributed by atoms with van der Waals surface area (Å²) in [5.74, 6) is 1.62. The highest BCUT2D eigenvalue weighted by Gasteiger charge is 2.23. The van der Waals surface area contributed by atoms with E-state index >= 15 is 0 Å². The lowest BCUT2D eigenvalue weighted by Crippen LogP contribution is -2.39. The Kier molecular flexibility index (Phi) is 6.42. The lowest BCUT2D eigenvalue weighted by atomic mass is 9.99. The Morgan fingerprint density at radius 1 is 1.29 bits per heavy atom. The topological polar surface area (TPSA) is 84.7 Å². The van der Waals surface area contributed by atoms with Crippen molar-refractivity contribution >= 4 is 10.0 Å². The Bertz CT molecular complexity index is 916. The van der Waals surface area contributed by atoms with Crippen molar-refractivity contribution in [1.82, 2.24) is 14.8 Å². The van der Waals surface area contributed by atoms with Crippen molar-refractivity contribution < 1.29 is 17.7 Å². The van der Waals surface area contributed by atoms with Crippen LogP contribution in [0.3, 0.4) is 0 Å². The van der Waals surface area contributed by atoms with Crippen LogP contribution >= 0.6 is 0 Å². The molecule has 0 aliphatic carbocycles. The van der Waals surface area contributed by atoms with E-state index in [2.05, 4.69) is 21.7 Å². The summed E-state index contributed by atoms with van der Waals surface area (Å²) >= 11 is 0. The summed E-state index contributed by atoms with van der Waals surface area (Å²) in [5, 5.41) is 3.96. The number of hydrogen-bond donors (Lipinski definition) is 1. The van der Waals surface area contributed by atoms with Gasteiger partial charge in [0.15, 0.2) is 5.76 Å². The number of piperidine rings is 1. The molecule has 2 aromatic rings. The zero-order chi connectivity index (χ0) is 20.3. The molecule has 0 spiro atoms. The first-order valence-corrected chi connectivity index (χ1v) is 11.1. The molecule has 8 heteroatoms. The first-order chi connectivity index (χ1) is 13.3. The normalized spacial score (nSPS) is 16.4. The van der Waals surface area contributed by atoms with E-state index in [1.807, 2.05) is 13.8 Å². The summed E-state index contributed by atoms with van der Waals surface area (Å²) < 4.78 is 39.2. The Morgan fingerprint density at radius 3 is 2.61 bits per heavy atom. The molecule has 2 heterocycles. The highest BCUT2D eigenvalue weighted by atomic mass is 32.2. The van der Waals surface area contributed by atoms with Gasteiger partial charge in [-0.25, -0.2) is 13.1 Å². The molecule has 1 aromatic carbocycles. The van der Waals surface area contributed by atoms with E-state index in [0.717, 1.165) is 30.3 Å². The number of nitrogens with one attached hydrogen (secondary N) is 1. The van der Waals surface area contributed by atoms with E-state index in [-0.39, 0.29) is 4.90 Å². The Balaban J connectivity index is 1.76. The van der Waals surface area contributed by atoms with Crippen molar-refractivity contribution in [2.75, 3.05) is 33.3 Å². The number of aryl methyl sites for hydroxylation is 1. The van der Waals surface area contributed by atoms with E-state index in [1.165, 1.54) is 20.0 Å². The van der Waals surface area contributed by atoms with Gasteiger partial charge in [-0.2, -0.15) is 0 Å². The number of aromatic nitrogens is 1. The highest BCUT2D eigenvalue weighted by Crippen LogP contribution is 2.32. The Labute approximate surface area is 167 Å². The molecule has 0 bridgehead atoms. The maximum Gasteiger partial charge on any atom is 0.244 e. The van der Waals surface area contributed by atoms with Gasteiger partial charge in [0.2, 0.25) is 10.0 Å². The second-order valence-electron chi connectivity index (χ2n) is 7.51. The molecule has 1 aliphatic rings. The van der Waals surface area contributed by atoms with Crippen molar-refractivity contribution in [2.24, 2.45) is 5.92 Å². The lowest BCUT2D eigenvalue weighted by Gasteiger charge is -2.30. The van der Waals surface area contributed by atoms with Crippen LogP contribution in [0.15, 0.2) is 27.6 Å². The number of rotatable bonds is 7. The summed E-state index contributed by atoms with van der Waals surface area (Å²) in [5.41, 5.74) is 2.33. The fourth-order valence-corrected chi connectivity index (χ4v) is 4.63. The number of sulfonamides is 1. The Morgan fingerprint density at radius 2 is 2.00 bits per heavy atom. The number of ether oxygens (including phenoxy) is 1. The molecular weight excluding hydrogens is 378 g/mol. The van der Waals surface area contributed by atoms with Crippen LogP contribution in [0, 0.1) is 19.8 Å². The largest absolute Gasteiger partial charge is 0.495 e. The molecule has 1 saturated heterocycles. The van der Waals surface area contributed by atoms with Crippen LogP contribution in [0.25, 0.3) is 11.3 Å². The van der Waals surface area contributed by atoms with E-state index in [9.17, 15) is 8.42 Å². The molecular formula is C20H29N3O4S. The first kappa shape index (κ1) is 20.8. The third-order valence-electron chi connectivity index (χ3n) is 5.47. The van der Waals surface area contributed by atoms with Crippen LogP contribution in [0.2, 0.25) is 0 Å². The second-order valence-corrected chi connectivity index (χ2v) is 9.25. The van der Waals surface area contributed by atoms with Gasteiger partial charge in [-0.1, -0.05) is 12.1 Å². The van der Waals surface area contributed by atoms with Crippen molar-refractivity contribution in [3.8, 4) is 17.1 Å². The lowest BCUT2D eigenvalue weighted by molar-refractivity contribution is 0.195. The molecule has 0 saturated carbocycles. The van der Waals surface area contributed by atoms with Crippen molar-refractivity contribution in [3.63, 3.8) is 0 Å².